The van der Waals surface area contributed by atoms with E-state index in [1.54, 1.807) is 44.1 Å². The van der Waals surface area contributed by atoms with Crippen LogP contribution in [-0.4, -0.2) is 35.3 Å². The summed E-state index contributed by atoms with van der Waals surface area (Å²) in [6.45, 7) is 0. The molecule has 0 spiro atoms. The second kappa shape index (κ2) is 8.16. The van der Waals surface area contributed by atoms with Crippen LogP contribution < -0.4 is 14.8 Å². The molecule has 0 saturated carbocycles. The number of aromatic amines is 1. The van der Waals surface area contributed by atoms with Crippen LogP contribution in [0.3, 0.4) is 0 Å². The highest BCUT2D eigenvalue weighted by molar-refractivity contribution is 7.13. The van der Waals surface area contributed by atoms with E-state index in [1.807, 2.05) is 12.1 Å². The molecule has 27 heavy (non-hydrogen) atoms. The van der Waals surface area contributed by atoms with Gasteiger partial charge in [0.2, 0.25) is 0 Å². The number of methoxy groups -OCH3 is 2. The lowest BCUT2D eigenvalue weighted by molar-refractivity contribution is -0.112. The third kappa shape index (κ3) is 3.96. The van der Waals surface area contributed by atoms with Crippen LogP contribution in [-0.2, 0) is 4.79 Å². The van der Waals surface area contributed by atoms with Crippen molar-refractivity contribution in [1.82, 2.24) is 15.2 Å². The highest BCUT2D eigenvalue weighted by atomic mass is 32.1. The number of aromatic nitrogens is 3. The number of rotatable bonds is 6. The Morgan fingerprint density at radius 1 is 1.33 bits per heavy atom. The van der Waals surface area contributed by atoms with Gasteiger partial charge in [-0.1, -0.05) is 0 Å². The molecule has 9 heteroatoms. The van der Waals surface area contributed by atoms with Gasteiger partial charge in [0.1, 0.15) is 11.6 Å². The van der Waals surface area contributed by atoms with E-state index in [9.17, 15) is 10.1 Å². The zero-order valence-electron chi connectivity index (χ0n) is 14.5. The Kier molecular flexibility index (Phi) is 5.49. The van der Waals surface area contributed by atoms with Gasteiger partial charge in [-0.05, 0) is 24.3 Å². The minimum atomic E-state index is -0.535. The summed E-state index contributed by atoms with van der Waals surface area (Å²) in [5.41, 5.74) is 1.95. The van der Waals surface area contributed by atoms with Gasteiger partial charge >= 0.3 is 0 Å². The highest BCUT2D eigenvalue weighted by Crippen LogP contribution is 2.33. The van der Waals surface area contributed by atoms with Crippen molar-refractivity contribution in [2.45, 2.75) is 0 Å². The smallest absolute Gasteiger partial charge is 0.268 e. The van der Waals surface area contributed by atoms with Crippen LogP contribution >= 0.6 is 11.3 Å². The van der Waals surface area contributed by atoms with Crippen LogP contribution in [0.4, 0.5) is 5.13 Å². The first-order valence-corrected chi connectivity index (χ1v) is 8.62. The van der Waals surface area contributed by atoms with Gasteiger partial charge in [-0.15, -0.1) is 11.3 Å². The zero-order valence-corrected chi connectivity index (χ0v) is 15.3. The van der Waals surface area contributed by atoms with Crippen LogP contribution in [0.5, 0.6) is 11.5 Å². The Balaban J connectivity index is 1.93. The minimum Gasteiger partial charge on any atom is -0.493 e. The number of carbonyl (C=O) groups excluding carboxylic acids is 1. The Bertz CT molecular complexity index is 1020. The first-order chi connectivity index (χ1) is 13.2. The topological polar surface area (TPSA) is 113 Å². The number of ether oxygens (including phenoxy) is 2. The standard InChI is InChI=1S/C18H15N5O3S/c1-25-14-4-3-11(8-15(14)26-2)16-13(10-21-23-16)7-12(9-19)17(24)22-18-20-5-6-27-18/h3-8,10H,1-2H3,(H,21,23)(H,20,22,24)/b12-7+. The van der Waals surface area contributed by atoms with Crippen molar-refractivity contribution in [3.63, 3.8) is 0 Å². The lowest BCUT2D eigenvalue weighted by Crippen LogP contribution is -2.13. The number of nitriles is 1. The summed E-state index contributed by atoms with van der Waals surface area (Å²) in [7, 11) is 3.11. The predicted molar refractivity (Wildman–Crippen MR) is 101 cm³/mol. The number of H-pyrrole nitrogens is 1. The normalized spacial score (nSPS) is 10.9. The van der Waals surface area contributed by atoms with E-state index < -0.39 is 5.91 Å². The number of hydrogen-bond donors (Lipinski definition) is 2. The molecule has 0 aliphatic carbocycles. The lowest BCUT2D eigenvalue weighted by Gasteiger charge is -2.09. The van der Waals surface area contributed by atoms with E-state index in [4.69, 9.17) is 9.47 Å². The van der Waals surface area contributed by atoms with E-state index in [1.165, 1.54) is 17.4 Å². The van der Waals surface area contributed by atoms with Crippen molar-refractivity contribution in [3.8, 4) is 28.8 Å². The minimum absolute atomic E-state index is 0.0617. The lowest BCUT2D eigenvalue weighted by atomic mass is 10.1. The van der Waals surface area contributed by atoms with Gasteiger partial charge in [-0.3, -0.25) is 15.2 Å². The Morgan fingerprint density at radius 2 is 2.15 bits per heavy atom. The largest absolute Gasteiger partial charge is 0.493 e. The van der Waals surface area contributed by atoms with E-state index in [-0.39, 0.29) is 5.57 Å². The number of benzene rings is 1. The van der Waals surface area contributed by atoms with Crippen LogP contribution in [0.1, 0.15) is 5.56 Å². The van der Waals surface area contributed by atoms with E-state index in [2.05, 4.69) is 20.5 Å². The van der Waals surface area contributed by atoms with Gasteiger partial charge in [0.15, 0.2) is 16.6 Å². The molecule has 0 radical (unpaired) electrons. The van der Waals surface area contributed by atoms with Gasteiger partial charge < -0.3 is 9.47 Å². The summed E-state index contributed by atoms with van der Waals surface area (Å²) >= 11 is 1.27. The van der Waals surface area contributed by atoms with Crippen molar-refractivity contribution < 1.29 is 14.3 Å². The first-order valence-electron chi connectivity index (χ1n) is 7.74. The van der Waals surface area contributed by atoms with Crippen molar-refractivity contribution in [1.29, 1.82) is 5.26 Å². The summed E-state index contributed by atoms with van der Waals surface area (Å²) < 4.78 is 10.6. The number of amides is 1. The van der Waals surface area contributed by atoms with Gasteiger partial charge in [0, 0.05) is 22.7 Å². The number of nitrogens with one attached hydrogen (secondary N) is 2. The van der Waals surface area contributed by atoms with Crippen molar-refractivity contribution in [2.75, 3.05) is 19.5 Å². The van der Waals surface area contributed by atoms with E-state index >= 15 is 0 Å². The molecular weight excluding hydrogens is 366 g/mol. The van der Waals surface area contributed by atoms with Gasteiger partial charge in [-0.2, -0.15) is 10.4 Å². The summed E-state index contributed by atoms with van der Waals surface area (Å²) in [6, 6.07) is 7.29. The molecule has 0 atom stereocenters. The Hall–Kier alpha value is -3.64. The average Bonchev–Trinajstić information content (AvgIpc) is 3.37. The van der Waals surface area contributed by atoms with Crippen molar-refractivity contribution in [2.24, 2.45) is 0 Å². The Labute approximate surface area is 159 Å². The maximum absolute atomic E-state index is 12.3. The maximum atomic E-state index is 12.3. The molecule has 0 fully saturated rings. The molecule has 0 aliphatic rings. The third-order valence-corrected chi connectivity index (χ3v) is 4.35. The second-order valence-electron chi connectivity index (χ2n) is 5.23. The molecule has 3 aromatic rings. The van der Waals surface area contributed by atoms with Crippen LogP contribution in [0, 0.1) is 11.3 Å². The molecular formula is C18H15N5O3S. The van der Waals surface area contributed by atoms with Crippen LogP contribution in [0.25, 0.3) is 17.3 Å². The van der Waals surface area contributed by atoms with E-state index in [0.29, 0.717) is 27.9 Å². The SMILES string of the molecule is COc1ccc(-c2[nH]ncc2/C=C(\C#N)C(=O)Nc2nccs2)cc1OC. The number of carbonyl (C=O) groups is 1. The molecule has 0 saturated heterocycles. The summed E-state index contributed by atoms with van der Waals surface area (Å²) in [5.74, 6) is 0.617. The first kappa shape index (κ1) is 18.2. The molecule has 0 bridgehead atoms. The van der Waals surface area contributed by atoms with Crippen LogP contribution in [0.15, 0.2) is 41.5 Å². The van der Waals surface area contributed by atoms with Gasteiger partial charge in [-0.25, -0.2) is 4.98 Å². The molecule has 1 amide bonds. The number of anilines is 1. The fourth-order valence-electron chi connectivity index (χ4n) is 2.38. The van der Waals surface area contributed by atoms with Gasteiger partial charge in [0.25, 0.3) is 5.91 Å². The molecule has 8 nitrogen and oxygen atoms in total. The van der Waals surface area contributed by atoms with Crippen LogP contribution in [0.2, 0.25) is 0 Å². The predicted octanol–water partition coefficient (Wildman–Crippen LogP) is 3.10. The molecule has 0 unspecified atom stereocenters. The molecule has 2 N–H and O–H groups in total. The number of thiazole rings is 1. The number of hydrogen-bond acceptors (Lipinski definition) is 7. The summed E-state index contributed by atoms with van der Waals surface area (Å²) in [4.78, 5) is 16.3. The van der Waals surface area contributed by atoms with Crippen molar-refractivity contribution >= 4 is 28.5 Å². The second-order valence-corrected chi connectivity index (χ2v) is 6.13. The Morgan fingerprint density at radius 3 is 2.81 bits per heavy atom. The highest BCUT2D eigenvalue weighted by Gasteiger charge is 2.15. The monoisotopic (exact) mass is 381 g/mol. The average molecular weight is 381 g/mol. The molecule has 1 aromatic carbocycles. The molecule has 2 aromatic heterocycles. The van der Waals surface area contributed by atoms with E-state index in [0.717, 1.165) is 5.56 Å². The van der Waals surface area contributed by atoms with Crippen molar-refractivity contribution in [3.05, 3.63) is 47.1 Å². The molecule has 2 heterocycles. The molecule has 136 valence electrons. The zero-order chi connectivity index (χ0) is 19.2. The number of nitrogens with zero attached hydrogens (tertiary/aromatic N) is 3. The fraction of sp³-hybridized carbons (Fsp3) is 0.111. The third-order valence-electron chi connectivity index (χ3n) is 3.66. The molecule has 0 aliphatic heterocycles. The van der Waals surface area contributed by atoms with Gasteiger partial charge in [0.05, 0.1) is 26.1 Å². The summed E-state index contributed by atoms with van der Waals surface area (Å²) in [6.07, 6.45) is 4.58. The maximum Gasteiger partial charge on any atom is 0.268 e. The molecule has 3 rings (SSSR count). The summed E-state index contributed by atoms with van der Waals surface area (Å²) in [5, 5.41) is 21.0. The quantitative estimate of drug-likeness (QED) is 0.501. The fourth-order valence-corrected chi connectivity index (χ4v) is 2.91.